The number of carbonyl (C=O) groups excluding carboxylic acids is 1. The molecule has 1 N–H and O–H groups in total. The van der Waals surface area contributed by atoms with E-state index in [1.165, 1.54) is 6.08 Å². The summed E-state index contributed by atoms with van der Waals surface area (Å²) in [5, 5.41) is 3.45. The maximum Gasteiger partial charge on any atom is 0.246 e. The van der Waals surface area contributed by atoms with Gasteiger partial charge in [-0.1, -0.05) is 20.4 Å². The van der Waals surface area contributed by atoms with Gasteiger partial charge in [0.15, 0.2) is 0 Å². The maximum absolute atomic E-state index is 11.6. The molecule has 3 heteroatoms. The second kappa shape index (κ2) is 5.15. The Morgan fingerprint density at radius 3 is 2.79 bits per heavy atom. The number of rotatable bonds is 3. The molecule has 1 saturated heterocycles. The zero-order chi connectivity index (χ0) is 10.6. The second-order valence-electron chi connectivity index (χ2n) is 3.77. The Balaban J connectivity index is 2.64. The Morgan fingerprint density at radius 2 is 2.29 bits per heavy atom. The van der Waals surface area contributed by atoms with E-state index in [1.54, 1.807) is 0 Å². The van der Waals surface area contributed by atoms with Crippen LogP contribution in [0.3, 0.4) is 0 Å². The van der Waals surface area contributed by atoms with Gasteiger partial charge in [0.05, 0.1) is 0 Å². The van der Waals surface area contributed by atoms with Crippen LogP contribution in [0.15, 0.2) is 12.7 Å². The average Bonchev–Trinajstić information content (AvgIpc) is 2.27. The monoisotopic (exact) mass is 196 g/mol. The molecule has 2 atom stereocenters. The normalized spacial score (nSPS) is 27.4. The van der Waals surface area contributed by atoms with E-state index < -0.39 is 0 Å². The fourth-order valence-electron chi connectivity index (χ4n) is 1.89. The van der Waals surface area contributed by atoms with Crippen molar-refractivity contribution in [3.8, 4) is 0 Å². The predicted octanol–water partition coefficient (Wildman–Crippen LogP) is 1.16. The summed E-state index contributed by atoms with van der Waals surface area (Å²) in [6, 6.07) is 0.782. The third-order valence-electron chi connectivity index (χ3n) is 2.92. The minimum absolute atomic E-state index is 0.0665. The number of piperazine rings is 1. The molecule has 0 bridgehead atoms. The summed E-state index contributed by atoms with van der Waals surface area (Å²) in [7, 11) is 0. The van der Waals surface area contributed by atoms with Crippen molar-refractivity contribution >= 4 is 5.91 Å². The van der Waals surface area contributed by atoms with Crippen molar-refractivity contribution in [2.75, 3.05) is 13.1 Å². The molecule has 0 aromatic heterocycles. The summed E-state index contributed by atoms with van der Waals surface area (Å²) in [6.07, 6.45) is 3.49. The first-order valence-corrected chi connectivity index (χ1v) is 5.39. The van der Waals surface area contributed by atoms with Crippen LogP contribution in [-0.2, 0) is 4.79 Å². The second-order valence-corrected chi connectivity index (χ2v) is 3.77. The van der Waals surface area contributed by atoms with Gasteiger partial charge in [-0.3, -0.25) is 4.79 Å². The lowest BCUT2D eigenvalue weighted by molar-refractivity contribution is -0.129. The largest absolute Gasteiger partial charge is 0.333 e. The first kappa shape index (κ1) is 11.2. The first-order chi connectivity index (χ1) is 6.72. The molecule has 1 heterocycles. The lowest BCUT2D eigenvalue weighted by atomic mass is 10.1. The molecule has 1 rings (SSSR count). The highest BCUT2D eigenvalue weighted by molar-refractivity contribution is 5.87. The molecule has 0 aromatic carbocycles. The number of hydrogen-bond acceptors (Lipinski definition) is 2. The van der Waals surface area contributed by atoms with Crippen molar-refractivity contribution in [1.29, 1.82) is 0 Å². The van der Waals surface area contributed by atoms with Crippen molar-refractivity contribution in [1.82, 2.24) is 10.2 Å². The summed E-state index contributed by atoms with van der Waals surface area (Å²) in [5.41, 5.74) is 0. The van der Waals surface area contributed by atoms with Crippen LogP contribution in [0.5, 0.6) is 0 Å². The van der Waals surface area contributed by atoms with E-state index in [-0.39, 0.29) is 5.91 Å². The highest BCUT2D eigenvalue weighted by Crippen LogP contribution is 2.12. The Morgan fingerprint density at radius 1 is 1.57 bits per heavy atom. The van der Waals surface area contributed by atoms with Gasteiger partial charge >= 0.3 is 0 Å². The molecular weight excluding hydrogens is 176 g/mol. The topological polar surface area (TPSA) is 32.3 Å². The van der Waals surface area contributed by atoms with Crippen molar-refractivity contribution in [2.24, 2.45) is 0 Å². The SMILES string of the molecule is C=CC(=O)N1CC(CC)NCC1CC. The summed E-state index contributed by atoms with van der Waals surface area (Å²) in [6.45, 7) is 9.53. The third kappa shape index (κ3) is 2.35. The van der Waals surface area contributed by atoms with Gasteiger partial charge in [0.25, 0.3) is 0 Å². The van der Waals surface area contributed by atoms with Gasteiger partial charge in [-0.2, -0.15) is 0 Å². The molecule has 1 fully saturated rings. The van der Waals surface area contributed by atoms with Crippen LogP contribution in [0.25, 0.3) is 0 Å². The van der Waals surface area contributed by atoms with Crippen LogP contribution in [0, 0.1) is 0 Å². The zero-order valence-corrected chi connectivity index (χ0v) is 9.12. The fraction of sp³-hybridized carbons (Fsp3) is 0.727. The molecule has 0 spiro atoms. The van der Waals surface area contributed by atoms with Crippen molar-refractivity contribution in [2.45, 2.75) is 38.8 Å². The van der Waals surface area contributed by atoms with E-state index >= 15 is 0 Å². The van der Waals surface area contributed by atoms with Crippen LogP contribution < -0.4 is 5.32 Å². The standard InChI is InChI=1S/C11H20N2O/c1-4-9-8-13(11(14)6-3)10(5-2)7-12-9/h6,9-10,12H,3-5,7-8H2,1-2H3. The number of amides is 1. The van der Waals surface area contributed by atoms with E-state index in [4.69, 9.17) is 0 Å². The van der Waals surface area contributed by atoms with Gasteiger partial charge in [0.1, 0.15) is 0 Å². The Kier molecular flexibility index (Phi) is 4.14. The number of nitrogens with one attached hydrogen (secondary N) is 1. The molecule has 0 aliphatic carbocycles. The van der Waals surface area contributed by atoms with E-state index in [0.29, 0.717) is 12.1 Å². The molecule has 0 radical (unpaired) electrons. The summed E-state index contributed by atoms with van der Waals surface area (Å²) in [5.74, 6) is 0.0665. The highest BCUT2D eigenvalue weighted by Gasteiger charge is 2.27. The summed E-state index contributed by atoms with van der Waals surface area (Å²) in [4.78, 5) is 13.5. The molecule has 3 nitrogen and oxygen atoms in total. The summed E-state index contributed by atoms with van der Waals surface area (Å²) < 4.78 is 0. The molecule has 0 aromatic rings. The lowest BCUT2D eigenvalue weighted by Crippen LogP contribution is -2.57. The van der Waals surface area contributed by atoms with Gasteiger partial charge in [-0.25, -0.2) is 0 Å². The van der Waals surface area contributed by atoms with Crippen LogP contribution in [0.2, 0.25) is 0 Å². The van der Waals surface area contributed by atoms with E-state index in [2.05, 4.69) is 25.7 Å². The minimum Gasteiger partial charge on any atom is -0.333 e. The van der Waals surface area contributed by atoms with Crippen molar-refractivity contribution in [3.05, 3.63) is 12.7 Å². The van der Waals surface area contributed by atoms with Crippen LogP contribution in [-0.4, -0.2) is 36.0 Å². The minimum atomic E-state index is 0.0665. The molecular formula is C11H20N2O. The van der Waals surface area contributed by atoms with Gasteiger partial charge in [-0.15, -0.1) is 0 Å². The van der Waals surface area contributed by atoms with E-state index in [0.717, 1.165) is 25.9 Å². The number of carbonyl (C=O) groups is 1. The highest BCUT2D eigenvalue weighted by atomic mass is 16.2. The van der Waals surface area contributed by atoms with Gasteiger partial charge < -0.3 is 10.2 Å². The number of hydrogen-bond donors (Lipinski definition) is 1. The summed E-state index contributed by atoms with van der Waals surface area (Å²) >= 11 is 0. The lowest BCUT2D eigenvalue weighted by Gasteiger charge is -2.39. The Hall–Kier alpha value is -0.830. The first-order valence-electron chi connectivity index (χ1n) is 5.39. The van der Waals surface area contributed by atoms with E-state index in [9.17, 15) is 4.79 Å². The Bertz CT molecular complexity index is 215. The quantitative estimate of drug-likeness (QED) is 0.687. The Labute approximate surface area is 86.2 Å². The molecule has 1 aliphatic rings. The van der Waals surface area contributed by atoms with Gasteiger partial charge in [0, 0.05) is 25.2 Å². The van der Waals surface area contributed by atoms with E-state index in [1.807, 2.05) is 4.90 Å². The fourth-order valence-corrected chi connectivity index (χ4v) is 1.89. The molecule has 1 amide bonds. The molecule has 2 unspecified atom stereocenters. The van der Waals surface area contributed by atoms with Crippen LogP contribution in [0.4, 0.5) is 0 Å². The van der Waals surface area contributed by atoms with Crippen molar-refractivity contribution < 1.29 is 4.79 Å². The van der Waals surface area contributed by atoms with Crippen LogP contribution in [0.1, 0.15) is 26.7 Å². The molecule has 1 aliphatic heterocycles. The third-order valence-corrected chi connectivity index (χ3v) is 2.92. The maximum atomic E-state index is 11.6. The zero-order valence-electron chi connectivity index (χ0n) is 9.12. The smallest absolute Gasteiger partial charge is 0.246 e. The van der Waals surface area contributed by atoms with Crippen molar-refractivity contribution in [3.63, 3.8) is 0 Å². The average molecular weight is 196 g/mol. The molecule has 80 valence electrons. The molecule has 0 saturated carbocycles. The molecule has 14 heavy (non-hydrogen) atoms. The van der Waals surface area contributed by atoms with Gasteiger partial charge in [0.2, 0.25) is 5.91 Å². The van der Waals surface area contributed by atoms with Gasteiger partial charge in [-0.05, 0) is 18.9 Å². The predicted molar refractivity (Wildman–Crippen MR) is 58.1 cm³/mol. The number of nitrogens with zero attached hydrogens (tertiary/aromatic N) is 1. The van der Waals surface area contributed by atoms with Crippen LogP contribution >= 0.6 is 0 Å².